The maximum atomic E-state index is 13.3. The second kappa shape index (κ2) is 9.39. The van der Waals surface area contributed by atoms with Gasteiger partial charge in [-0.15, -0.1) is 0 Å². The lowest BCUT2D eigenvalue weighted by Gasteiger charge is -2.33. The Hall–Kier alpha value is -2.40. The molecule has 2 aromatic heterocycles. The fourth-order valence-corrected chi connectivity index (χ4v) is 5.83. The van der Waals surface area contributed by atoms with E-state index < -0.39 is 5.54 Å². The lowest BCUT2D eigenvalue weighted by Crippen LogP contribution is -2.49. The normalized spacial score (nSPS) is 23.8. The first-order valence-electron chi connectivity index (χ1n) is 10.5. The van der Waals surface area contributed by atoms with Crippen molar-refractivity contribution in [3.05, 3.63) is 12.7 Å². The number of thioether (sulfide) groups is 1. The molecule has 0 amide bonds. The highest BCUT2D eigenvalue weighted by atomic mass is 32.2. The molecule has 2 aliphatic heterocycles. The Balaban J connectivity index is 1.78. The van der Waals surface area contributed by atoms with Crippen LogP contribution < -0.4 is 4.90 Å². The molecule has 31 heavy (non-hydrogen) atoms. The average molecular weight is 450 g/mol. The van der Waals surface area contributed by atoms with Crippen LogP contribution in [0.2, 0.25) is 0 Å². The highest BCUT2D eigenvalue weighted by Crippen LogP contribution is 2.44. The van der Waals surface area contributed by atoms with Crippen LogP contribution in [0.3, 0.4) is 0 Å². The van der Waals surface area contributed by atoms with Gasteiger partial charge in [0.15, 0.2) is 22.5 Å². The molecule has 2 saturated heterocycles. The maximum Gasteiger partial charge on any atom is 0.333 e. The molecule has 4 rings (SSSR count). The molecular weight excluding hydrogens is 422 g/mol. The molecule has 0 aliphatic carbocycles. The van der Waals surface area contributed by atoms with Crippen LogP contribution in [-0.2, 0) is 29.3 Å². The minimum absolute atomic E-state index is 0.126. The minimum atomic E-state index is -1.08. The first-order valence-corrected chi connectivity index (χ1v) is 11.7. The Morgan fingerprint density at radius 3 is 2.71 bits per heavy atom. The molecule has 2 unspecified atom stereocenters. The number of aromatic nitrogens is 4. The molecule has 4 heterocycles. The molecule has 2 aliphatic rings. The maximum absolute atomic E-state index is 13.3. The highest BCUT2D eigenvalue weighted by molar-refractivity contribution is 7.99. The molecule has 0 radical (unpaired) electrons. The molecule has 11 heteroatoms. The number of morpholine rings is 1. The van der Waals surface area contributed by atoms with E-state index >= 15 is 0 Å². The molecule has 0 bridgehead atoms. The lowest BCUT2D eigenvalue weighted by atomic mass is 9.84. The van der Waals surface area contributed by atoms with Crippen molar-refractivity contribution in [2.24, 2.45) is 5.92 Å². The predicted molar refractivity (Wildman–Crippen MR) is 115 cm³/mol. The predicted octanol–water partition coefficient (Wildman–Crippen LogP) is 1.24. The van der Waals surface area contributed by atoms with Crippen LogP contribution in [-0.4, -0.2) is 82.5 Å². The van der Waals surface area contributed by atoms with Gasteiger partial charge in [0.25, 0.3) is 0 Å². The highest BCUT2D eigenvalue weighted by Gasteiger charge is 2.54. The summed E-state index contributed by atoms with van der Waals surface area (Å²) in [6.07, 6.45) is 3.25. The molecule has 168 valence electrons. The summed E-state index contributed by atoms with van der Waals surface area (Å²) in [6.45, 7) is 6.76. The number of nitrogens with zero attached hydrogens (tertiary/aromatic N) is 5. The molecule has 2 fully saturated rings. The van der Waals surface area contributed by atoms with Crippen LogP contribution in [0.5, 0.6) is 0 Å². The number of ether oxygens (including phenoxy) is 3. The number of esters is 2. The summed E-state index contributed by atoms with van der Waals surface area (Å²) >= 11 is 1.61. The van der Waals surface area contributed by atoms with Gasteiger partial charge in [0.1, 0.15) is 6.33 Å². The van der Waals surface area contributed by atoms with E-state index in [1.165, 1.54) is 6.33 Å². The van der Waals surface area contributed by atoms with Crippen LogP contribution in [0.4, 0.5) is 5.82 Å². The second-order valence-corrected chi connectivity index (χ2v) is 8.48. The first kappa shape index (κ1) is 21.8. The van der Waals surface area contributed by atoms with E-state index in [0.717, 1.165) is 5.82 Å². The van der Waals surface area contributed by atoms with E-state index in [9.17, 15) is 9.59 Å². The van der Waals surface area contributed by atoms with E-state index in [2.05, 4.69) is 19.9 Å². The van der Waals surface area contributed by atoms with Gasteiger partial charge in [0.2, 0.25) is 0 Å². The zero-order valence-corrected chi connectivity index (χ0v) is 18.6. The number of hydrogen-bond acceptors (Lipinski definition) is 10. The third kappa shape index (κ3) is 3.96. The number of carbonyl (C=O) groups is 2. The van der Waals surface area contributed by atoms with Crippen molar-refractivity contribution in [2.45, 2.75) is 25.8 Å². The third-order valence-corrected chi connectivity index (χ3v) is 7.00. The van der Waals surface area contributed by atoms with Gasteiger partial charge < -0.3 is 19.1 Å². The lowest BCUT2D eigenvalue weighted by molar-refractivity contribution is -0.156. The van der Waals surface area contributed by atoms with Gasteiger partial charge in [-0.1, -0.05) is 0 Å². The number of carbonyl (C=O) groups excluding carboxylic acids is 2. The van der Waals surface area contributed by atoms with Gasteiger partial charge in [0.05, 0.1) is 39.2 Å². The number of hydrogen-bond donors (Lipinski definition) is 0. The number of rotatable bonds is 7. The van der Waals surface area contributed by atoms with Crippen molar-refractivity contribution in [3.63, 3.8) is 0 Å². The minimum Gasteiger partial charge on any atom is -0.466 e. The third-order valence-electron chi connectivity index (χ3n) is 5.72. The summed E-state index contributed by atoms with van der Waals surface area (Å²) < 4.78 is 17.9. The number of fused-ring (bicyclic) bond motifs is 1. The molecule has 2 atom stereocenters. The van der Waals surface area contributed by atoms with Gasteiger partial charge in [0, 0.05) is 24.8 Å². The Morgan fingerprint density at radius 2 is 1.97 bits per heavy atom. The van der Waals surface area contributed by atoms with Crippen molar-refractivity contribution in [1.29, 1.82) is 0 Å². The standard InChI is InChI=1S/C20H27N5O5S/c1-3-29-15(26)9-14-10-31-11-20(14,19(27)30-4-2)25-13-23-16-17(21-12-22-18(16)25)24-5-7-28-8-6-24/h12-14H,3-11H2,1-2H3. The van der Waals surface area contributed by atoms with E-state index in [0.29, 0.717) is 55.6 Å². The molecule has 0 saturated carbocycles. The summed E-state index contributed by atoms with van der Waals surface area (Å²) in [6, 6.07) is 0. The van der Waals surface area contributed by atoms with Crippen LogP contribution in [0.15, 0.2) is 12.7 Å². The Kier molecular flexibility index (Phi) is 6.61. The Morgan fingerprint density at radius 1 is 1.19 bits per heavy atom. The van der Waals surface area contributed by atoms with Crippen LogP contribution >= 0.6 is 11.8 Å². The van der Waals surface area contributed by atoms with Crippen LogP contribution in [0, 0.1) is 5.92 Å². The quantitative estimate of drug-likeness (QED) is 0.573. The zero-order chi connectivity index (χ0) is 21.8. The molecular formula is C20H27N5O5S. The fraction of sp³-hybridized carbons (Fsp3) is 0.650. The molecule has 10 nitrogen and oxygen atoms in total. The largest absolute Gasteiger partial charge is 0.466 e. The zero-order valence-electron chi connectivity index (χ0n) is 17.8. The van der Waals surface area contributed by atoms with Gasteiger partial charge in [-0.3, -0.25) is 9.36 Å². The van der Waals surface area contributed by atoms with Gasteiger partial charge in [-0.05, 0) is 19.6 Å². The van der Waals surface area contributed by atoms with Crippen molar-refractivity contribution >= 4 is 40.7 Å². The number of imidazole rings is 1. The Bertz CT molecular complexity index is 947. The van der Waals surface area contributed by atoms with Gasteiger partial charge in [-0.25, -0.2) is 19.7 Å². The van der Waals surface area contributed by atoms with Gasteiger partial charge >= 0.3 is 11.9 Å². The monoisotopic (exact) mass is 449 g/mol. The van der Waals surface area contributed by atoms with Crippen LogP contribution in [0.25, 0.3) is 11.2 Å². The average Bonchev–Trinajstić information content (AvgIpc) is 3.39. The van der Waals surface area contributed by atoms with Crippen molar-refractivity contribution < 1.29 is 23.8 Å². The summed E-state index contributed by atoms with van der Waals surface area (Å²) in [7, 11) is 0. The van der Waals surface area contributed by atoms with Crippen molar-refractivity contribution in [1.82, 2.24) is 19.5 Å². The molecule has 2 aromatic rings. The summed E-state index contributed by atoms with van der Waals surface area (Å²) in [5.74, 6) is 0.835. The van der Waals surface area contributed by atoms with E-state index in [-0.39, 0.29) is 30.9 Å². The van der Waals surface area contributed by atoms with E-state index in [1.54, 1.807) is 36.5 Å². The van der Waals surface area contributed by atoms with Crippen LogP contribution in [0.1, 0.15) is 20.3 Å². The van der Waals surface area contributed by atoms with Crippen molar-refractivity contribution in [3.8, 4) is 0 Å². The topological polar surface area (TPSA) is 109 Å². The van der Waals surface area contributed by atoms with E-state index in [4.69, 9.17) is 14.2 Å². The number of anilines is 1. The summed E-state index contributed by atoms with van der Waals surface area (Å²) in [5, 5.41) is 0. The van der Waals surface area contributed by atoms with E-state index in [1.807, 2.05) is 0 Å². The first-order chi connectivity index (χ1) is 15.1. The fourth-order valence-electron chi connectivity index (χ4n) is 4.23. The van der Waals surface area contributed by atoms with Gasteiger partial charge in [-0.2, -0.15) is 11.8 Å². The summed E-state index contributed by atoms with van der Waals surface area (Å²) in [5.41, 5.74) is 0.0968. The van der Waals surface area contributed by atoms with Crippen molar-refractivity contribution in [2.75, 3.05) is 55.9 Å². The Labute approximate surface area is 184 Å². The molecule has 0 aromatic carbocycles. The molecule has 0 N–H and O–H groups in total. The second-order valence-electron chi connectivity index (χ2n) is 7.45. The molecule has 0 spiro atoms. The smallest absolute Gasteiger partial charge is 0.333 e. The summed E-state index contributed by atoms with van der Waals surface area (Å²) in [4.78, 5) is 41.3. The SMILES string of the molecule is CCOC(=O)CC1CSCC1(C(=O)OCC)n1cnc2c(N3CCOCC3)ncnc21.